The Bertz CT molecular complexity index is 305. The molecule has 0 saturated heterocycles. The van der Waals surface area contributed by atoms with Gasteiger partial charge in [0.25, 0.3) is 0 Å². The van der Waals surface area contributed by atoms with Crippen LogP contribution in [0.2, 0.25) is 0 Å². The molecule has 0 saturated carbocycles. The van der Waals surface area contributed by atoms with E-state index in [0.29, 0.717) is 6.61 Å². The van der Waals surface area contributed by atoms with E-state index < -0.39 is 0 Å². The van der Waals surface area contributed by atoms with Crippen LogP contribution in [0.4, 0.5) is 0 Å². The summed E-state index contributed by atoms with van der Waals surface area (Å²) in [6.45, 7) is 2.75. The van der Waals surface area contributed by atoms with Crippen LogP contribution in [0.5, 0.6) is 0 Å². The third-order valence-electron chi connectivity index (χ3n) is 1.84. The number of allylic oxidation sites excluding steroid dienone is 1. The molecule has 1 nitrogen and oxygen atoms in total. The average Bonchev–Trinajstić information content (AvgIpc) is 2.14. The van der Waals surface area contributed by atoms with Gasteiger partial charge in [0.15, 0.2) is 0 Å². The Labute approximate surface area is 87.5 Å². The van der Waals surface area contributed by atoms with Gasteiger partial charge >= 0.3 is 0 Å². The topological polar surface area (TPSA) is 9.23 Å². The molecule has 1 aromatic rings. The summed E-state index contributed by atoms with van der Waals surface area (Å²) >= 11 is 3.44. The Morgan fingerprint density at radius 3 is 2.92 bits per heavy atom. The number of hydrogen-bond acceptors (Lipinski definition) is 1. The fourth-order valence-corrected chi connectivity index (χ4v) is 1.46. The van der Waals surface area contributed by atoms with E-state index in [1.54, 1.807) is 7.11 Å². The van der Waals surface area contributed by atoms with E-state index >= 15 is 0 Å². The minimum Gasteiger partial charge on any atom is -0.381 e. The summed E-state index contributed by atoms with van der Waals surface area (Å²) in [6.07, 6.45) is 2.07. The van der Waals surface area contributed by atoms with E-state index in [2.05, 4.69) is 41.1 Å². The molecule has 2 heteroatoms. The van der Waals surface area contributed by atoms with Crippen LogP contribution in [0, 0.1) is 0 Å². The monoisotopic (exact) mass is 240 g/mol. The first-order valence-corrected chi connectivity index (χ1v) is 4.95. The minimum atomic E-state index is 0.665. The molecule has 0 radical (unpaired) electrons. The molecule has 0 bridgehead atoms. The van der Waals surface area contributed by atoms with E-state index in [0.717, 1.165) is 4.47 Å². The number of rotatable bonds is 3. The van der Waals surface area contributed by atoms with Crippen LogP contribution in [0.15, 0.2) is 34.8 Å². The average molecular weight is 241 g/mol. The fourth-order valence-electron chi connectivity index (χ4n) is 1.06. The van der Waals surface area contributed by atoms with Crippen LogP contribution in [-0.4, -0.2) is 13.7 Å². The van der Waals surface area contributed by atoms with Crippen molar-refractivity contribution in [1.29, 1.82) is 0 Å². The lowest BCUT2D eigenvalue weighted by Crippen LogP contribution is -1.85. The van der Waals surface area contributed by atoms with Crippen LogP contribution in [-0.2, 0) is 4.74 Å². The summed E-state index contributed by atoms with van der Waals surface area (Å²) in [5.74, 6) is 0. The zero-order chi connectivity index (χ0) is 9.68. The summed E-state index contributed by atoms with van der Waals surface area (Å²) in [7, 11) is 1.70. The summed E-state index contributed by atoms with van der Waals surface area (Å²) in [6, 6.07) is 8.24. The predicted molar refractivity (Wildman–Crippen MR) is 59.7 cm³/mol. The van der Waals surface area contributed by atoms with Crippen LogP contribution in [0.1, 0.15) is 12.5 Å². The lowest BCUT2D eigenvalue weighted by molar-refractivity contribution is 0.234. The third kappa shape index (κ3) is 3.33. The predicted octanol–water partition coefficient (Wildman–Crippen LogP) is 3.50. The molecule has 0 atom stereocenters. The van der Waals surface area contributed by atoms with Gasteiger partial charge in [-0.1, -0.05) is 34.1 Å². The maximum absolute atomic E-state index is 4.98. The second-order valence-electron chi connectivity index (χ2n) is 2.85. The largest absolute Gasteiger partial charge is 0.381 e. The Morgan fingerprint density at radius 2 is 2.31 bits per heavy atom. The molecule has 70 valence electrons. The Balaban J connectivity index is 2.82. The first-order valence-electron chi connectivity index (χ1n) is 4.15. The molecule has 0 aliphatic carbocycles. The van der Waals surface area contributed by atoms with Gasteiger partial charge in [-0.25, -0.2) is 0 Å². The molecule has 0 aliphatic rings. The van der Waals surface area contributed by atoms with Gasteiger partial charge in [-0.3, -0.25) is 0 Å². The van der Waals surface area contributed by atoms with Gasteiger partial charge in [-0.05, 0) is 30.2 Å². The molecular weight excluding hydrogens is 228 g/mol. The van der Waals surface area contributed by atoms with E-state index in [-0.39, 0.29) is 0 Å². The smallest absolute Gasteiger partial charge is 0.0649 e. The highest BCUT2D eigenvalue weighted by Crippen LogP contribution is 2.18. The molecule has 13 heavy (non-hydrogen) atoms. The maximum atomic E-state index is 4.98. The lowest BCUT2D eigenvalue weighted by atomic mass is 10.1. The third-order valence-corrected chi connectivity index (χ3v) is 2.33. The van der Waals surface area contributed by atoms with Crippen molar-refractivity contribution in [3.63, 3.8) is 0 Å². The van der Waals surface area contributed by atoms with Crippen molar-refractivity contribution >= 4 is 21.5 Å². The van der Waals surface area contributed by atoms with Crippen molar-refractivity contribution in [2.75, 3.05) is 13.7 Å². The number of hydrogen-bond donors (Lipinski definition) is 0. The number of ether oxygens (including phenoxy) is 1. The van der Waals surface area contributed by atoms with Crippen molar-refractivity contribution in [2.24, 2.45) is 0 Å². The highest BCUT2D eigenvalue weighted by Gasteiger charge is 1.94. The zero-order valence-corrected chi connectivity index (χ0v) is 9.47. The Morgan fingerprint density at radius 1 is 1.54 bits per heavy atom. The summed E-state index contributed by atoms with van der Waals surface area (Å²) in [4.78, 5) is 0. The SMILES string of the molecule is COCC=C(C)c1cccc(Br)c1. The van der Waals surface area contributed by atoms with E-state index in [1.807, 2.05) is 12.1 Å². The first-order chi connectivity index (χ1) is 6.24. The van der Waals surface area contributed by atoms with E-state index in [1.165, 1.54) is 11.1 Å². The molecule has 1 aromatic carbocycles. The molecule has 0 unspecified atom stereocenters. The van der Waals surface area contributed by atoms with Gasteiger partial charge in [0, 0.05) is 11.6 Å². The maximum Gasteiger partial charge on any atom is 0.0649 e. The minimum absolute atomic E-state index is 0.665. The number of methoxy groups -OCH3 is 1. The molecule has 1 rings (SSSR count). The number of benzene rings is 1. The van der Waals surface area contributed by atoms with Crippen LogP contribution in [0.3, 0.4) is 0 Å². The van der Waals surface area contributed by atoms with E-state index in [9.17, 15) is 0 Å². The van der Waals surface area contributed by atoms with Gasteiger partial charge in [-0.15, -0.1) is 0 Å². The second kappa shape index (κ2) is 5.20. The van der Waals surface area contributed by atoms with Crippen LogP contribution >= 0.6 is 15.9 Å². The normalized spacial score (nSPS) is 11.8. The van der Waals surface area contributed by atoms with Crippen molar-refractivity contribution in [3.05, 3.63) is 40.4 Å². The molecule has 0 N–H and O–H groups in total. The summed E-state index contributed by atoms with van der Waals surface area (Å²) in [5.41, 5.74) is 2.47. The zero-order valence-electron chi connectivity index (χ0n) is 7.88. The quantitative estimate of drug-likeness (QED) is 0.786. The molecule has 0 fully saturated rings. The highest BCUT2D eigenvalue weighted by atomic mass is 79.9. The Kier molecular flexibility index (Phi) is 4.19. The van der Waals surface area contributed by atoms with Gasteiger partial charge in [-0.2, -0.15) is 0 Å². The molecule has 0 heterocycles. The highest BCUT2D eigenvalue weighted by molar-refractivity contribution is 9.10. The summed E-state index contributed by atoms with van der Waals surface area (Å²) in [5, 5.41) is 0. The van der Waals surface area contributed by atoms with Gasteiger partial charge in [0.2, 0.25) is 0 Å². The van der Waals surface area contributed by atoms with E-state index in [4.69, 9.17) is 4.74 Å². The van der Waals surface area contributed by atoms with Crippen molar-refractivity contribution < 1.29 is 4.74 Å². The first kappa shape index (κ1) is 10.5. The molecular formula is C11H13BrO. The van der Waals surface area contributed by atoms with Crippen molar-refractivity contribution in [2.45, 2.75) is 6.92 Å². The van der Waals surface area contributed by atoms with Gasteiger partial charge < -0.3 is 4.74 Å². The van der Waals surface area contributed by atoms with Crippen molar-refractivity contribution in [1.82, 2.24) is 0 Å². The van der Waals surface area contributed by atoms with Gasteiger partial charge in [0.05, 0.1) is 6.61 Å². The standard InChI is InChI=1S/C11H13BrO/c1-9(6-7-13-2)10-4-3-5-11(12)8-10/h3-6,8H,7H2,1-2H3. The molecule has 0 aromatic heterocycles. The lowest BCUT2D eigenvalue weighted by Gasteiger charge is -2.01. The summed E-state index contributed by atoms with van der Waals surface area (Å²) < 4.78 is 6.08. The van der Waals surface area contributed by atoms with Crippen LogP contribution < -0.4 is 0 Å². The fraction of sp³-hybridized carbons (Fsp3) is 0.273. The Hall–Kier alpha value is -0.600. The second-order valence-corrected chi connectivity index (χ2v) is 3.77. The molecule has 0 amide bonds. The molecule has 0 spiro atoms. The van der Waals surface area contributed by atoms with Gasteiger partial charge in [0.1, 0.15) is 0 Å². The number of halogens is 1. The van der Waals surface area contributed by atoms with Crippen LogP contribution in [0.25, 0.3) is 5.57 Å². The van der Waals surface area contributed by atoms with Crippen molar-refractivity contribution in [3.8, 4) is 0 Å². The molecule has 0 aliphatic heterocycles.